The molecule has 1 atom stereocenters. The van der Waals surface area contributed by atoms with Gasteiger partial charge in [0.05, 0.1) is 6.04 Å². The first kappa shape index (κ1) is 8.94. The molecule has 3 nitrogen and oxygen atoms in total. The summed E-state index contributed by atoms with van der Waals surface area (Å²) in [5.41, 5.74) is -0.988. The van der Waals surface area contributed by atoms with Gasteiger partial charge >= 0.3 is 0 Å². The van der Waals surface area contributed by atoms with Gasteiger partial charge < -0.3 is 5.32 Å². The van der Waals surface area contributed by atoms with Crippen molar-refractivity contribution < 1.29 is 9.18 Å². The van der Waals surface area contributed by atoms with Crippen LogP contribution in [0.2, 0.25) is 0 Å². The van der Waals surface area contributed by atoms with Crippen LogP contribution >= 0.6 is 0 Å². The maximum atomic E-state index is 13.4. The van der Waals surface area contributed by atoms with Gasteiger partial charge in [-0.05, 0) is 26.3 Å². The zero-order valence-electron chi connectivity index (χ0n) is 7.85. The number of rotatable bonds is 3. The molecule has 2 fully saturated rings. The number of carbonyl (C=O) groups excluding carboxylic acids is 1. The number of halogens is 1. The predicted molar refractivity (Wildman–Crippen MR) is 47.1 cm³/mol. The van der Waals surface area contributed by atoms with Crippen LogP contribution in [-0.4, -0.2) is 42.7 Å². The van der Waals surface area contributed by atoms with Gasteiger partial charge in [0, 0.05) is 13.1 Å². The topological polar surface area (TPSA) is 32.3 Å². The molecule has 0 aromatic heterocycles. The molecule has 1 heterocycles. The zero-order valence-corrected chi connectivity index (χ0v) is 7.85. The van der Waals surface area contributed by atoms with Crippen LogP contribution in [0, 0.1) is 0 Å². The smallest absolute Gasteiger partial charge is 0.237 e. The molecule has 74 valence electrons. The Kier molecular flexibility index (Phi) is 2.02. The lowest BCUT2D eigenvalue weighted by atomic mass is 10.2. The van der Waals surface area contributed by atoms with Crippen LogP contribution in [0.25, 0.3) is 0 Å². The fraction of sp³-hybridized carbons (Fsp3) is 0.889. The molecule has 4 heteroatoms. The number of hydrogen-bond donors (Lipinski definition) is 1. The van der Waals surface area contributed by atoms with E-state index in [1.54, 1.807) is 0 Å². The maximum absolute atomic E-state index is 13.4. The Hall–Kier alpha value is -0.640. The van der Waals surface area contributed by atoms with E-state index >= 15 is 0 Å². The van der Waals surface area contributed by atoms with Crippen molar-refractivity contribution in [1.29, 1.82) is 0 Å². The zero-order chi connectivity index (χ0) is 9.47. The van der Waals surface area contributed by atoms with Crippen LogP contribution in [-0.2, 0) is 4.79 Å². The minimum Gasteiger partial charge on any atom is -0.355 e. The Morgan fingerprint density at radius 3 is 2.85 bits per heavy atom. The summed E-state index contributed by atoms with van der Waals surface area (Å²) in [6.45, 7) is 1.14. The Morgan fingerprint density at radius 2 is 2.38 bits per heavy atom. The molecular formula is C9H15FN2O. The summed E-state index contributed by atoms with van der Waals surface area (Å²) in [4.78, 5) is 13.1. The fourth-order valence-electron chi connectivity index (χ4n) is 1.85. The van der Waals surface area contributed by atoms with Crippen molar-refractivity contribution in [2.75, 3.05) is 20.1 Å². The number of hydrogen-bond acceptors (Lipinski definition) is 2. The largest absolute Gasteiger partial charge is 0.355 e. The van der Waals surface area contributed by atoms with Gasteiger partial charge in [0.2, 0.25) is 5.91 Å². The van der Waals surface area contributed by atoms with E-state index in [2.05, 4.69) is 5.32 Å². The summed E-state index contributed by atoms with van der Waals surface area (Å²) in [6.07, 6.45) is 2.13. The van der Waals surface area contributed by atoms with Crippen LogP contribution in [0.4, 0.5) is 4.39 Å². The van der Waals surface area contributed by atoms with Gasteiger partial charge in [-0.15, -0.1) is 0 Å². The molecule has 0 aromatic carbocycles. The molecule has 1 saturated carbocycles. The quantitative estimate of drug-likeness (QED) is 0.688. The third-order valence-corrected chi connectivity index (χ3v) is 2.88. The second-order valence-corrected chi connectivity index (χ2v) is 4.16. The van der Waals surface area contributed by atoms with Crippen LogP contribution in [0.3, 0.4) is 0 Å². The van der Waals surface area contributed by atoms with Crippen LogP contribution in [0.15, 0.2) is 0 Å². The first-order chi connectivity index (χ1) is 6.11. The molecule has 2 aliphatic rings. The highest BCUT2D eigenvalue weighted by Gasteiger charge is 2.45. The van der Waals surface area contributed by atoms with Crippen molar-refractivity contribution in [2.24, 2.45) is 0 Å². The Morgan fingerprint density at radius 1 is 1.69 bits per heavy atom. The van der Waals surface area contributed by atoms with E-state index in [9.17, 15) is 9.18 Å². The van der Waals surface area contributed by atoms with Gasteiger partial charge in [-0.1, -0.05) is 0 Å². The Bertz CT molecular complexity index is 228. The molecule has 1 aliphatic heterocycles. The first-order valence-corrected chi connectivity index (χ1v) is 4.78. The lowest BCUT2D eigenvalue weighted by Crippen LogP contribution is -2.41. The third kappa shape index (κ3) is 1.82. The van der Waals surface area contributed by atoms with E-state index in [1.807, 2.05) is 11.9 Å². The standard InChI is InChI=1S/C9H15FN2O/c1-12(6-9(10)3-4-9)7-2-5-11-8(7)13/h7H,2-6H2,1H3,(H,11,13). The van der Waals surface area contributed by atoms with Crippen LogP contribution < -0.4 is 5.32 Å². The molecule has 2 rings (SSSR count). The summed E-state index contributed by atoms with van der Waals surface area (Å²) in [7, 11) is 1.83. The maximum Gasteiger partial charge on any atom is 0.237 e. The molecule has 1 unspecified atom stereocenters. The molecule has 1 saturated heterocycles. The van der Waals surface area contributed by atoms with Crippen molar-refractivity contribution in [3.63, 3.8) is 0 Å². The highest BCUT2D eigenvalue weighted by molar-refractivity contribution is 5.83. The average Bonchev–Trinajstić information content (AvgIpc) is 2.63. The first-order valence-electron chi connectivity index (χ1n) is 4.78. The molecule has 1 amide bonds. The van der Waals surface area contributed by atoms with Gasteiger partial charge in [-0.3, -0.25) is 9.69 Å². The van der Waals surface area contributed by atoms with Crippen molar-refractivity contribution >= 4 is 5.91 Å². The lowest BCUT2D eigenvalue weighted by molar-refractivity contribution is -0.123. The highest BCUT2D eigenvalue weighted by Crippen LogP contribution is 2.40. The van der Waals surface area contributed by atoms with E-state index in [-0.39, 0.29) is 11.9 Å². The number of alkyl halides is 1. The minimum absolute atomic E-state index is 0.0479. The monoisotopic (exact) mass is 186 g/mol. The fourth-order valence-corrected chi connectivity index (χ4v) is 1.85. The van der Waals surface area contributed by atoms with E-state index < -0.39 is 5.67 Å². The third-order valence-electron chi connectivity index (χ3n) is 2.88. The normalized spacial score (nSPS) is 30.7. The van der Waals surface area contributed by atoms with E-state index in [4.69, 9.17) is 0 Å². The number of carbonyl (C=O) groups is 1. The number of nitrogens with one attached hydrogen (secondary N) is 1. The van der Waals surface area contributed by atoms with Crippen molar-refractivity contribution in [2.45, 2.75) is 31.0 Å². The minimum atomic E-state index is -0.988. The summed E-state index contributed by atoms with van der Waals surface area (Å²) >= 11 is 0. The van der Waals surface area contributed by atoms with Crippen LogP contribution in [0.5, 0.6) is 0 Å². The SMILES string of the molecule is CN(CC1(F)CC1)C1CCNC1=O. The molecule has 0 spiro atoms. The van der Waals surface area contributed by atoms with Gasteiger partial charge in [0.1, 0.15) is 5.67 Å². The Balaban J connectivity index is 1.88. The van der Waals surface area contributed by atoms with Crippen molar-refractivity contribution in [3.8, 4) is 0 Å². The van der Waals surface area contributed by atoms with Gasteiger partial charge in [0.25, 0.3) is 0 Å². The van der Waals surface area contributed by atoms with E-state index in [1.165, 1.54) is 0 Å². The number of amides is 1. The second-order valence-electron chi connectivity index (χ2n) is 4.16. The van der Waals surface area contributed by atoms with Crippen LogP contribution in [0.1, 0.15) is 19.3 Å². The van der Waals surface area contributed by atoms with E-state index in [0.29, 0.717) is 19.4 Å². The van der Waals surface area contributed by atoms with Crippen molar-refractivity contribution in [3.05, 3.63) is 0 Å². The summed E-state index contributed by atoms with van der Waals surface area (Å²) in [6, 6.07) is -0.103. The molecular weight excluding hydrogens is 171 g/mol. The predicted octanol–water partition coefficient (Wildman–Crippen LogP) is 0.309. The highest BCUT2D eigenvalue weighted by atomic mass is 19.1. The van der Waals surface area contributed by atoms with E-state index in [0.717, 1.165) is 13.0 Å². The lowest BCUT2D eigenvalue weighted by Gasteiger charge is -2.23. The van der Waals surface area contributed by atoms with Gasteiger partial charge in [0.15, 0.2) is 0 Å². The average molecular weight is 186 g/mol. The molecule has 0 bridgehead atoms. The molecule has 0 aromatic rings. The van der Waals surface area contributed by atoms with Crippen molar-refractivity contribution in [1.82, 2.24) is 10.2 Å². The molecule has 1 N–H and O–H groups in total. The number of nitrogens with zero attached hydrogens (tertiary/aromatic N) is 1. The Labute approximate surface area is 77.3 Å². The second kappa shape index (κ2) is 2.94. The summed E-state index contributed by atoms with van der Waals surface area (Å²) in [5, 5.41) is 2.75. The summed E-state index contributed by atoms with van der Waals surface area (Å²) < 4.78 is 13.4. The van der Waals surface area contributed by atoms with Gasteiger partial charge in [-0.2, -0.15) is 0 Å². The summed E-state index contributed by atoms with van der Waals surface area (Å²) in [5.74, 6) is 0.0479. The molecule has 1 aliphatic carbocycles. The van der Waals surface area contributed by atoms with Gasteiger partial charge in [-0.25, -0.2) is 4.39 Å². The molecule has 0 radical (unpaired) electrons. The number of likely N-dealkylation sites (N-methyl/N-ethyl adjacent to an activating group) is 1. The molecule has 13 heavy (non-hydrogen) atoms.